The van der Waals surface area contributed by atoms with E-state index in [9.17, 15) is 19.7 Å². The molecule has 1 N–H and O–H groups in total. The summed E-state index contributed by atoms with van der Waals surface area (Å²) in [5, 5.41) is 14.1. The highest BCUT2D eigenvalue weighted by Gasteiger charge is 2.39. The normalized spacial score (nSPS) is 13.4. The molecule has 0 spiro atoms. The molecule has 1 aliphatic heterocycles. The lowest BCUT2D eigenvalue weighted by atomic mass is 10.0. The minimum atomic E-state index is -0.520. The first-order valence-corrected chi connectivity index (χ1v) is 10.7. The standard InChI is InChI=1S/C25H22N4O5/c1-2-14-34-21-8-5-7-18(15-21)27-23-22(17-9-11-20(12-10-17)29(32)33)24(30)28(25(23)31)16-19-6-3-4-13-26-19/h3-13,15,27H,2,14,16H2,1H3. The molecule has 0 unspecified atom stereocenters. The number of hydrogen-bond acceptors (Lipinski definition) is 7. The van der Waals surface area contributed by atoms with Crippen LogP contribution >= 0.6 is 0 Å². The predicted molar refractivity (Wildman–Crippen MR) is 126 cm³/mol. The summed E-state index contributed by atoms with van der Waals surface area (Å²) in [7, 11) is 0. The Kier molecular flexibility index (Phi) is 6.63. The van der Waals surface area contributed by atoms with E-state index >= 15 is 0 Å². The number of nitrogens with one attached hydrogen (secondary N) is 1. The first-order valence-electron chi connectivity index (χ1n) is 10.7. The Bertz CT molecular complexity index is 1260. The van der Waals surface area contributed by atoms with Gasteiger partial charge in [-0.05, 0) is 48.4 Å². The van der Waals surface area contributed by atoms with E-state index in [0.717, 1.165) is 11.3 Å². The van der Waals surface area contributed by atoms with Gasteiger partial charge in [0, 0.05) is 30.1 Å². The van der Waals surface area contributed by atoms with Gasteiger partial charge in [-0.25, -0.2) is 0 Å². The lowest BCUT2D eigenvalue weighted by molar-refractivity contribution is -0.384. The van der Waals surface area contributed by atoms with Crippen molar-refractivity contribution in [2.75, 3.05) is 11.9 Å². The summed E-state index contributed by atoms with van der Waals surface area (Å²) in [6, 6.07) is 17.9. The molecular formula is C25H22N4O5. The van der Waals surface area contributed by atoms with Crippen LogP contribution in [0.25, 0.3) is 5.57 Å². The number of pyridine rings is 1. The number of benzene rings is 2. The van der Waals surface area contributed by atoms with Gasteiger partial charge in [-0.1, -0.05) is 19.1 Å². The molecule has 0 radical (unpaired) electrons. The van der Waals surface area contributed by atoms with Gasteiger partial charge in [0.15, 0.2) is 0 Å². The smallest absolute Gasteiger partial charge is 0.278 e. The SMILES string of the molecule is CCCOc1cccc(NC2=C(c3ccc([N+](=O)[O-])cc3)C(=O)N(Cc3ccccn3)C2=O)c1. The van der Waals surface area contributed by atoms with Crippen molar-refractivity contribution >= 4 is 28.8 Å². The highest BCUT2D eigenvalue weighted by Crippen LogP contribution is 2.32. The summed E-state index contributed by atoms with van der Waals surface area (Å²) in [5.41, 5.74) is 1.64. The summed E-state index contributed by atoms with van der Waals surface area (Å²) in [4.78, 5) is 42.6. The topological polar surface area (TPSA) is 115 Å². The number of imide groups is 1. The number of carbonyl (C=O) groups excluding carboxylic acids is 2. The maximum absolute atomic E-state index is 13.4. The predicted octanol–water partition coefficient (Wildman–Crippen LogP) is 4.17. The van der Waals surface area contributed by atoms with Crippen LogP contribution in [0.2, 0.25) is 0 Å². The van der Waals surface area contributed by atoms with Crippen LogP contribution in [0.4, 0.5) is 11.4 Å². The fourth-order valence-corrected chi connectivity index (χ4v) is 3.53. The number of non-ortho nitro benzene ring substituents is 1. The number of hydrogen-bond donors (Lipinski definition) is 1. The Labute approximate surface area is 195 Å². The van der Waals surface area contributed by atoms with E-state index in [1.807, 2.05) is 13.0 Å². The van der Waals surface area contributed by atoms with Gasteiger partial charge in [-0.3, -0.25) is 29.6 Å². The number of rotatable bonds is 9. The number of ether oxygens (including phenoxy) is 1. The Balaban J connectivity index is 1.71. The molecule has 0 atom stereocenters. The van der Waals surface area contributed by atoms with Crippen molar-refractivity contribution < 1.29 is 19.2 Å². The van der Waals surface area contributed by atoms with Crippen LogP contribution in [-0.2, 0) is 16.1 Å². The van der Waals surface area contributed by atoms with Crippen LogP contribution in [0.15, 0.2) is 78.6 Å². The molecule has 0 bridgehead atoms. The first-order chi connectivity index (χ1) is 16.5. The number of aromatic nitrogens is 1. The number of amides is 2. The molecule has 4 rings (SSSR count). The lowest BCUT2D eigenvalue weighted by Crippen LogP contribution is -2.32. The van der Waals surface area contributed by atoms with Crippen LogP contribution in [0.1, 0.15) is 24.6 Å². The lowest BCUT2D eigenvalue weighted by Gasteiger charge is -2.15. The minimum absolute atomic E-state index is 0.000180. The zero-order valence-electron chi connectivity index (χ0n) is 18.4. The van der Waals surface area contributed by atoms with Crippen molar-refractivity contribution in [2.45, 2.75) is 19.9 Å². The third-order valence-electron chi connectivity index (χ3n) is 5.16. The number of carbonyl (C=O) groups is 2. The molecule has 34 heavy (non-hydrogen) atoms. The fraction of sp³-hybridized carbons (Fsp3) is 0.160. The van der Waals surface area contributed by atoms with Crippen LogP contribution < -0.4 is 10.1 Å². The molecule has 1 aliphatic rings. The van der Waals surface area contributed by atoms with E-state index in [1.165, 1.54) is 24.3 Å². The molecule has 0 saturated carbocycles. The van der Waals surface area contributed by atoms with Crippen LogP contribution in [0, 0.1) is 10.1 Å². The van der Waals surface area contributed by atoms with E-state index in [4.69, 9.17) is 4.74 Å². The zero-order chi connectivity index (χ0) is 24.1. The molecule has 0 fully saturated rings. The summed E-state index contributed by atoms with van der Waals surface area (Å²) in [6.45, 7) is 2.55. The van der Waals surface area contributed by atoms with Crippen molar-refractivity contribution in [1.29, 1.82) is 0 Å². The average Bonchev–Trinajstić information content (AvgIpc) is 3.08. The third kappa shape index (κ3) is 4.78. The molecule has 9 heteroatoms. The van der Waals surface area contributed by atoms with E-state index in [1.54, 1.807) is 42.6 Å². The molecule has 1 aromatic heterocycles. The number of nitro groups is 1. The largest absolute Gasteiger partial charge is 0.494 e. The van der Waals surface area contributed by atoms with Gasteiger partial charge >= 0.3 is 0 Å². The van der Waals surface area contributed by atoms with E-state index in [2.05, 4.69) is 10.3 Å². The van der Waals surface area contributed by atoms with Gasteiger partial charge in [0.05, 0.1) is 29.3 Å². The molecule has 172 valence electrons. The van der Waals surface area contributed by atoms with Crippen molar-refractivity contribution in [3.05, 3.63) is 100.0 Å². The van der Waals surface area contributed by atoms with Crippen molar-refractivity contribution in [1.82, 2.24) is 9.88 Å². The molecular weight excluding hydrogens is 436 g/mol. The van der Waals surface area contributed by atoms with E-state index in [0.29, 0.717) is 29.3 Å². The summed E-state index contributed by atoms with van der Waals surface area (Å²) in [5.74, 6) is -0.388. The van der Waals surface area contributed by atoms with E-state index in [-0.39, 0.29) is 23.5 Å². The maximum Gasteiger partial charge on any atom is 0.278 e. The van der Waals surface area contributed by atoms with Gasteiger partial charge in [-0.2, -0.15) is 0 Å². The Morgan fingerprint density at radius 1 is 1.03 bits per heavy atom. The van der Waals surface area contributed by atoms with E-state index < -0.39 is 16.7 Å². The fourth-order valence-electron chi connectivity index (χ4n) is 3.53. The Hall–Kier alpha value is -4.53. The highest BCUT2D eigenvalue weighted by atomic mass is 16.6. The van der Waals surface area contributed by atoms with Crippen molar-refractivity contribution in [3.63, 3.8) is 0 Å². The van der Waals surface area contributed by atoms with Gasteiger partial charge < -0.3 is 10.1 Å². The summed E-state index contributed by atoms with van der Waals surface area (Å²) >= 11 is 0. The minimum Gasteiger partial charge on any atom is -0.494 e. The maximum atomic E-state index is 13.4. The number of nitro benzene ring substituents is 1. The average molecular weight is 458 g/mol. The Morgan fingerprint density at radius 3 is 2.50 bits per heavy atom. The molecule has 0 saturated heterocycles. The second kappa shape index (κ2) is 9.95. The molecule has 0 aliphatic carbocycles. The molecule has 2 aromatic carbocycles. The van der Waals surface area contributed by atoms with Gasteiger partial charge in [0.2, 0.25) is 0 Å². The van der Waals surface area contributed by atoms with Gasteiger partial charge in [-0.15, -0.1) is 0 Å². The second-order valence-corrected chi connectivity index (χ2v) is 7.57. The highest BCUT2D eigenvalue weighted by molar-refractivity contribution is 6.36. The summed E-state index contributed by atoms with van der Waals surface area (Å²) in [6.07, 6.45) is 2.44. The van der Waals surface area contributed by atoms with Crippen LogP contribution in [-0.4, -0.2) is 33.2 Å². The second-order valence-electron chi connectivity index (χ2n) is 7.57. The van der Waals surface area contributed by atoms with Gasteiger partial charge in [0.1, 0.15) is 11.4 Å². The number of nitrogens with zero attached hydrogens (tertiary/aromatic N) is 3. The molecule has 9 nitrogen and oxygen atoms in total. The Morgan fingerprint density at radius 2 is 1.82 bits per heavy atom. The molecule has 2 amide bonds. The monoisotopic (exact) mass is 458 g/mol. The number of anilines is 1. The zero-order valence-corrected chi connectivity index (χ0v) is 18.4. The molecule has 2 heterocycles. The van der Waals surface area contributed by atoms with Crippen LogP contribution in [0.3, 0.4) is 0 Å². The van der Waals surface area contributed by atoms with Crippen molar-refractivity contribution in [2.24, 2.45) is 0 Å². The summed E-state index contributed by atoms with van der Waals surface area (Å²) < 4.78 is 5.67. The van der Waals surface area contributed by atoms with Gasteiger partial charge in [0.25, 0.3) is 17.5 Å². The van der Waals surface area contributed by atoms with Crippen molar-refractivity contribution in [3.8, 4) is 5.75 Å². The first kappa shape index (κ1) is 22.7. The molecule has 3 aromatic rings. The van der Waals surface area contributed by atoms with Crippen LogP contribution in [0.5, 0.6) is 5.75 Å². The third-order valence-corrected chi connectivity index (χ3v) is 5.16. The quantitative estimate of drug-likeness (QED) is 0.291.